The van der Waals surface area contributed by atoms with Gasteiger partial charge in [0.1, 0.15) is 5.01 Å². The van der Waals surface area contributed by atoms with E-state index in [9.17, 15) is 9.59 Å². The van der Waals surface area contributed by atoms with Crippen LogP contribution in [-0.2, 0) is 4.79 Å². The topological polar surface area (TPSA) is 65.5 Å². The zero-order chi connectivity index (χ0) is 21.1. The molecule has 3 aromatic rings. The molecule has 0 bridgehead atoms. The molecule has 3 amide bonds. The molecule has 6 nitrogen and oxygen atoms in total. The summed E-state index contributed by atoms with van der Waals surface area (Å²) in [6.07, 6.45) is 1.62. The number of likely N-dealkylation sites (tertiary alicyclic amines) is 1. The van der Waals surface area contributed by atoms with Crippen molar-refractivity contribution in [2.24, 2.45) is 5.92 Å². The van der Waals surface area contributed by atoms with Crippen LogP contribution >= 0.6 is 11.3 Å². The van der Waals surface area contributed by atoms with Gasteiger partial charge in [0.15, 0.2) is 0 Å². The number of urea groups is 1. The van der Waals surface area contributed by atoms with Crippen LogP contribution in [0.4, 0.5) is 10.5 Å². The molecule has 1 N–H and O–H groups in total. The molecule has 1 fully saturated rings. The minimum Gasteiger partial charge on any atom is -0.336 e. The molecule has 1 aliphatic rings. The number of thiazole rings is 1. The van der Waals surface area contributed by atoms with Crippen molar-refractivity contribution in [1.82, 2.24) is 14.8 Å². The third-order valence-corrected chi connectivity index (χ3v) is 6.89. The first-order valence-electron chi connectivity index (χ1n) is 10.3. The van der Waals surface area contributed by atoms with E-state index in [0.717, 1.165) is 33.8 Å². The van der Waals surface area contributed by atoms with Crippen molar-refractivity contribution < 1.29 is 9.59 Å². The van der Waals surface area contributed by atoms with E-state index in [0.29, 0.717) is 13.1 Å². The van der Waals surface area contributed by atoms with Gasteiger partial charge in [0.25, 0.3) is 0 Å². The van der Waals surface area contributed by atoms with Crippen LogP contribution in [0.1, 0.15) is 30.8 Å². The van der Waals surface area contributed by atoms with Gasteiger partial charge in [-0.05, 0) is 44.0 Å². The van der Waals surface area contributed by atoms with Gasteiger partial charge in [-0.3, -0.25) is 4.79 Å². The number of hydrogen-bond acceptors (Lipinski definition) is 4. The second-order valence-corrected chi connectivity index (χ2v) is 8.79. The number of fused-ring (bicyclic) bond motifs is 1. The number of aromatic nitrogens is 1. The van der Waals surface area contributed by atoms with E-state index in [-0.39, 0.29) is 23.9 Å². The van der Waals surface area contributed by atoms with Crippen LogP contribution in [0.5, 0.6) is 0 Å². The summed E-state index contributed by atoms with van der Waals surface area (Å²) in [7, 11) is 1.84. The van der Waals surface area contributed by atoms with Gasteiger partial charge in [-0.15, -0.1) is 11.3 Å². The third-order valence-electron chi connectivity index (χ3n) is 5.68. The third kappa shape index (κ3) is 4.31. The van der Waals surface area contributed by atoms with Crippen LogP contribution in [0.15, 0.2) is 54.6 Å². The second kappa shape index (κ2) is 8.83. The molecule has 1 saturated heterocycles. The standard InChI is InChI=1S/C23H26N4O2S/c1-16(21-25-19-12-6-7-13-20(19)30-21)26(2)22(28)17-9-8-14-27(15-17)23(29)24-18-10-4-3-5-11-18/h3-7,10-13,16-17H,8-9,14-15H2,1-2H3,(H,24,29)/t16-,17-/m0/s1. The maximum atomic E-state index is 13.2. The fraction of sp³-hybridized carbons (Fsp3) is 0.348. The highest BCUT2D eigenvalue weighted by molar-refractivity contribution is 7.18. The predicted molar refractivity (Wildman–Crippen MR) is 121 cm³/mol. The van der Waals surface area contributed by atoms with Gasteiger partial charge in [-0.2, -0.15) is 0 Å². The van der Waals surface area contributed by atoms with Gasteiger partial charge >= 0.3 is 6.03 Å². The van der Waals surface area contributed by atoms with Crippen molar-refractivity contribution in [2.75, 3.05) is 25.5 Å². The first-order valence-corrected chi connectivity index (χ1v) is 11.1. The van der Waals surface area contributed by atoms with Crippen LogP contribution < -0.4 is 5.32 Å². The number of nitrogens with one attached hydrogen (secondary N) is 1. The maximum absolute atomic E-state index is 13.2. The number of nitrogens with zero attached hydrogens (tertiary/aromatic N) is 3. The van der Waals surface area contributed by atoms with Crippen LogP contribution in [0.2, 0.25) is 0 Å². The zero-order valence-electron chi connectivity index (χ0n) is 17.2. The summed E-state index contributed by atoms with van der Waals surface area (Å²) in [5.41, 5.74) is 1.73. The summed E-state index contributed by atoms with van der Waals surface area (Å²) >= 11 is 1.62. The molecule has 156 valence electrons. The molecular weight excluding hydrogens is 396 g/mol. The van der Waals surface area contributed by atoms with Crippen molar-refractivity contribution in [3.63, 3.8) is 0 Å². The van der Waals surface area contributed by atoms with Crippen molar-refractivity contribution in [2.45, 2.75) is 25.8 Å². The first kappa shape index (κ1) is 20.3. The first-order chi connectivity index (χ1) is 14.5. The number of rotatable bonds is 4. The SMILES string of the molecule is C[C@@H](c1nc2ccccc2s1)N(C)C(=O)[C@H]1CCCN(C(=O)Nc2ccccc2)C1. The number of benzene rings is 2. The Balaban J connectivity index is 1.41. The maximum Gasteiger partial charge on any atom is 0.321 e. The fourth-order valence-electron chi connectivity index (χ4n) is 3.80. The summed E-state index contributed by atoms with van der Waals surface area (Å²) in [6.45, 7) is 3.12. The molecule has 2 heterocycles. The van der Waals surface area contributed by atoms with E-state index in [4.69, 9.17) is 4.98 Å². The second-order valence-electron chi connectivity index (χ2n) is 7.73. The Morgan fingerprint density at radius 3 is 2.67 bits per heavy atom. The summed E-state index contributed by atoms with van der Waals surface area (Å²) in [5, 5.41) is 3.85. The lowest BCUT2D eigenvalue weighted by molar-refractivity contribution is -0.137. The van der Waals surface area contributed by atoms with E-state index in [1.165, 1.54) is 0 Å². The van der Waals surface area contributed by atoms with Gasteiger partial charge < -0.3 is 15.1 Å². The molecule has 1 aliphatic heterocycles. The highest BCUT2D eigenvalue weighted by atomic mass is 32.1. The summed E-state index contributed by atoms with van der Waals surface area (Å²) in [4.78, 5) is 34.1. The lowest BCUT2D eigenvalue weighted by atomic mass is 9.96. The molecule has 0 saturated carbocycles. The Labute approximate surface area is 180 Å². The normalized spacial score (nSPS) is 17.5. The summed E-state index contributed by atoms with van der Waals surface area (Å²) in [6, 6.07) is 17.2. The number of carbonyl (C=O) groups excluding carboxylic acids is 2. The monoisotopic (exact) mass is 422 g/mol. The van der Waals surface area contributed by atoms with Gasteiger partial charge in [-0.1, -0.05) is 30.3 Å². The van der Waals surface area contributed by atoms with Crippen molar-refractivity contribution in [1.29, 1.82) is 0 Å². The van der Waals surface area contributed by atoms with Gasteiger partial charge in [0.2, 0.25) is 5.91 Å². The smallest absolute Gasteiger partial charge is 0.321 e. The number of hydrogen-bond donors (Lipinski definition) is 1. The molecule has 0 radical (unpaired) electrons. The predicted octanol–water partition coefficient (Wildman–Crippen LogP) is 4.76. The van der Waals surface area contributed by atoms with E-state index >= 15 is 0 Å². The van der Waals surface area contributed by atoms with Crippen molar-refractivity contribution in [3.8, 4) is 0 Å². The van der Waals surface area contributed by atoms with Crippen LogP contribution in [0.25, 0.3) is 10.2 Å². The number of carbonyl (C=O) groups is 2. The molecule has 4 rings (SSSR count). The summed E-state index contributed by atoms with van der Waals surface area (Å²) < 4.78 is 1.13. The highest BCUT2D eigenvalue weighted by Crippen LogP contribution is 2.30. The molecule has 0 spiro atoms. The minimum atomic E-state index is -0.192. The molecule has 7 heteroatoms. The van der Waals surface area contributed by atoms with Gasteiger partial charge in [0, 0.05) is 25.8 Å². The minimum absolute atomic E-state index is 0.0685. The molecule has 1 aromatic heterocycles. The van der Waals surface area contributed by atoms with E-state index < -0.39 is 0 Å². The Kier molecular flexibility index (Phi) is 5.99. The quantitative estimate of drug-likeness (QED) is 0.659. The fourth-order valence-corrected chi connectivity index (χ4v) is 4.86. The lowest BCUT2D eigenvalue weighted by Gasteiger charge is -2.35. The van der Waals surface area contributed by atoms with Crippen molar-refractivity contribution in [3.05, 3.63) is 59.6 Å². The Morgan fingerprint density at radius 2 is 1.90 bits per heavy atom. The molecular formula is C23H26N4O2S. The summed E-state index contributed by atoms with van der Waals surface area (Å²) in [5.74, 6) is -0.124. The molecule has 0 unspecified atom stereocenters. The highest BCUT2D eigenvalue weighted by Gasteiger charge is 2.32. The zero-order valence-corrected chi connectivity index (χ0v) is 18.1. The van der Waals surface area contributed by atoms with Crippen LogP contribution in [0, 0.1) is 5.92 Å². The Hall–Kier alpha value is -2.93. The average Bonchev–Trinajstić information content (AvgIpc) is 3.22. The molecule has 30 heavy (non-hydrogen) atoms. The average molecular weight is 423 g/mol. The van der Waals surface area contributed by atoms with Crippen LogP contribution in [0.3, 0.4) is 0 Å². The molecule has 2 aromatic carbocycles. The lowest BCUT2D eigenvalue weighted by Crippen LogP contribution is -2.47. The van der Waals surface area contributed by atoms with Gasteiger partial charge in [-0.25, -0.2) is 9.78 Å². The molecule has 2 atom stereocenters. The number of para-hydroxylation sites is 2. The Morgan fingerprint density at radius 1 is 1.17 bits per heavy atom. The molecule has 0 aliphatic carbocycles. The largest absolute Gasteiger partial charge is 0.336 e. The van der Waals surface area contributed by atoms with E-state index in [1.807, 2.05) is 62.5 Å². The number of anilines is 1. The Bertz CT molecular complexity index is 1000. The van der Waals surface area contributed by atoms with Crippen molar-refractivity contribution >= 4 is 39.2 Å². The van der Waals surface area contributed by atoms with Crippen LogP contribution in [-0.4, -0.2) is 46.9 Å². The van der Waals surface area contributed by atoms with E-state index in [1.54, 1.807) is 21.1 Å². The van der Waals surface area contributed by atoms with Gasteiger partial charge in [0.05, 0.1) is 22.2 Å². The number of piperidine rings is 1. The van der Waals surface area contributed by atoms with E-state index in [2.05, 4.69) is 11.4 Å². The number of amides is 3.